The first kappa shape index (κ1) is 31.4. The molecule has 8 heteroatoms. The van der Waals surface area contributed by atoms with Gasteiger partial charge in [-0.1, -0.05) is 92.1 Å². The molecule has 0 aliphatic rings. The van der Waals surface area contributed by atoms with E-state index in [4.69, 9.17) is 0 Å². The lowest BCUT2D eigenvalue weighted by Gasteiger charge is -2.11. The zero-order chi connectivity index (χ0) is 30.4. The Hall–Kier alpha value is -5.55. The second-order valence-electron chi connectivity index (χ2n) is 9.73. The third-order valence-electron chi connectivity index (χ3n) is 6.75. The monoisotopic (exact) mass is 593 g/mol. The van der Waals surface area contributed by atoms with Crippen molar-refractivity contribution in [1.82, 2.24) is 9.88 Å². The number of hydrogen-bond donors (Lipinski definition) is 2. The molecule has 0 saturated heterocycles. The van der Waals surface area contributed by atoms with Gasteiger partial charge in [0.1, 0.15) is 5.69 Å². The van der Waals surface area contributed by atoms with Crippen LogP contribution in [0.25, 0.3) is 22.3 Å². The molecule has 4 aromatic carbocycles. The number of aryl methyl sites for hydroxylation is 1. The number of halogens is 3. The summed E-state index contributed by atoms with van der Waals surface area (Å²) in [5.41, 5.74) is 4.22. The van der Waals surface area contributed by atoms with Gasteiger partial charge in [0.15, 0.2) is 0 Å². The van der Waals surface area contributed by atoms with E-state index in [2.05, 4.69) is 22.5 Å². The van der Waals surface area contributed by atoms with Crippen LogP contribution in [0.15, 0.2) is 115 Å². The first-order valence-corrected chi connectivity index (χ1v) is 13.4. The lowest BCUT2D eigenvalue weighted by Crippen LogP contribution is -2.25. The fourth-order valence-electron chi connectivity index (χ4n) is 4.57. The molecule has 2 amide bonds. The quantitative estimate of drug-likeness (QED) is 0.196. The zero-order valence-electron chi connectivity index (χ0n) is 23.1. The molecule has 5 rings (SSSR count). The third-order valence-corrected chi connectivity index (χ3v) is 6.75. The minimum Gasteiger partial charge on any atom is -0.344 e. The van der Waals surface area contributed by atoms with Crippen LogP contribution in [0.2, 0.25) is 0 Å². The molecule has 0 unspecified atom stereocenters. The van der Waals surface area contributed by atoms with E-state index < -0.39 is 17.6 Å². The molecule has 0 fully saturated rings. The lowest BCUT2D eigenvalue weighted by atomic mass is 9.98. The van der Waals surface area contributed by atoms with Crippen LogP contribution in [0, 0.1) is 11.8 Å². The number of amides is 2. The topological polar surface area (TPSA) is 63.1 Å². The van der Waals surface area contributed by atoms with E-state index in [0.29, 0.717) is 22.5 Å². The smallest absolute Gasteiger partial charge is 0.344 e. The van der Waals surface area contributed by atoms with E-state index in [-0.39, 0.29) is 25.4 Å². The number of aromatic nitrogens is 1. The van der Waals surface area contributed by atoms with Crippen molar-refractivity contribution in [2.75, 3.05) is 11.9 Å². The Morgan fingerprint density at radius 2 is 1.39 bits per heavy atom. The summed E-state index contributed by atoms with van der Waals surface area (Å²) >= 11 is 0. The number of nitrogens with one attached hydrogen (secondary N) is 2. The van der Waals surface area contributed by atoms with Crippen molar-refractivity contribution < 1.29 is 22.8 Å². The minimum absolute atomic E-state index is 0. The van der Waals surface area contributed by atoms with E-state index in [1.807, 2.05) is 54.6 Å². The van der Waals surface area contributed by atoms with Crippen LogP contribution < -0.4 is 10.6 Å². The van der Waals surface area contributed by atoms with Gasteiger partial charge in [-0.3, -0.25) is 9.59 Å². The highest BCUT2D eigenvalue weighted by atomic mass is 19.4. The second-order valence-corrected chi connectivity index (χ2v) is 9.73. The summed E-state index contributed by atoms with van der Waals surface area (Å²) in [6.07, 6.45) is -2.85. The Morgan fingerprint density at radius 3 is 2.07 bits per heavy atom. The standard InChI is InChI=1S/C35H26F3N3O2.CH4/c1-41-23-29(40-33(42)31-12-6-5-11-30(31)27-17-19-28(20-18-27)35(36,37)38)22-32(41)34(43)39-21-7-8-24-13-15-26(16-14-24)25-9-3-2-4-10-25;/h2-6,9-20,22-23H,21H2,1H3,(H,39,43)(H,40,42);1H4. The van der Waals surface area contributed by atoms with Crippen molar-refractivity contribution in [2.45, 2.75) is 13.6 Å². The summed E-state index contributed by atoms with van der Waals surface area (Å²) in [5, 5.41) is 5.54. The van der Waals surface area contributed by atoms with E-state index in [1.54, 1.807) is 48.1 Å². The fourth-order valence-corrected chi connectivity index (χ4v) is 4.57. The maximum atomic E-state index is 13.2. The van der Waals surface area contributed by atoms with Crippen molar-refractivity contribution in [3.63, 3.8) is 0 Å². The Morgan fingerprint density at radius 1 is 0.773 bits per heavy atom. The van der Waals surface area contributed by atoms with Crippen LogP contribution in [0.4, 0.5) is 18.9 Å². The summed E-state index contributed by atoms with van der Waals surface area (Å²) in [6, 6.07) is 30.7. The average Bonchev–Trinajstić information content (AvgIpc) is 3.39. The molecule has 2 N–H and O–H groups in total. The largest absolute Gasteiger partial charge is 0.416 e. The zero-order valence-corrected chi connectivity index (χ0v) is 23.1. The van der Waals surface area contributed by atoms with Gasteiger partial charge in [0.25, 0.3) is 11.8 Å². The molecule has 0 aliphatic heterocycles. The molecule has 0 bridgehead atoms. The SMILES string of the molecule is C.Cn1cc(NC(=O)c2ccccc2-c2ccc(C(F)(F)F)cc2)cc1C(=O)NCC#Cc1ccc(-c2ccccc2)cc1. The number of carbonyl (C=O) groups excluding carboxylic acids is 2. The lowest BCUT2D eigenvalue weighted by molar-refractivity contribution is -0.137. The summed E-state index contributed by atoms with van der Waals surface area (Å²) in [5.74, 6) is 5.17. The number of rotatable bonds is 6. The number of anilines is 1. The van der Waals surface area contributed by atoms with E-state index in [0.717, 1.165) is 28.8 Å². The number of hydrogen-bond acceptors (Lipinski definition) is 2. The van der Waals surface area contributed by atoms with Gasteiger partial charge < -0.3 is 15.2 Å². The molecular formula is C36H30F3N3O2. The highest BCUT2D eigenvalue weighted by Gasteiger charge is 2.30. The molecule has 0 radical (unpaired) electrons. The molecule has 0 atom stereocenters. The maximum absolute atomic E-state index is 13.2. The summed E-state index contributed by atoms with van der Waals surface area (Å²) in [4.78, 5) is 25.9. The number of alkyl halides is 3. The van der Waals surface area contributed by atoms with Gasteiger partial charge in [0.2, 0.25) is 0 Å². The minimum atomic E-state index is -4.45. The van der Waals surface area contributed by atoms with Crippen LogP contribution in [-0.4, -0.2) is 22.9 Å². The highest BCUT2D eigenvalue weighted by molar-refractivity contribution is 6.09. The Labute approximate surface area is 254 Å². The van der Waals surface area contributed by atoms with E-state index in [9.17, 15) is 22.8 Å². The van der Waals surface area contributed by atoms with Crippen molar-refractivity contribution >= 4 is 17.5 Å². The van der Waals surface area contributed by atoms with Gasteiger partial charge in [0.05, 0.1) is 17.8 Å². The Kier molecular flexibility index (Phi) is 9.71. The highest BCUT2D eigenvalue weighted by Crippen LogP contribution is 2.32. The number of benzene rings is 4. The van der Waals surface area contributed by atoms with Crippen LogP contribution in [0.3, 0.4) is 0 Å². The number of nitrogens with zero attached hydrogens (tertiary/aromatic N) is 1. The Bertz CT molecular complexity index is 1810. The van der Waals surface area contributed by atoms with Gasteiger partial charge in [-0.2, -0.15) is 13.2 Å². The maximum Gasteiger partial charge on any atom is 0.416 e. The van der Waals surface area contributed by atoms with Gasteiger partial charge in [-0.05, 0) is 58.7 Å². The van der Waals surface area contributed by atoms with E-state index in [1.165, 1.54) is 12.1 Å². The van der Waals surface area contributed by atoms with Crippen LogP contribution >= 0.6 is 0 Å². The first-order chi connectivity index (χ1) is 20.7. The van der Waals surface area contributed by atoms with Crippen molar-refractivity contribution in [3.8, 4) is 34.1 Å². The average molecular weight is 594 g/mol. The Balaban J connectivity index is 0.00000442. The normalized spacial score (nSPS) is 10.6. The molecule has 5 aromatic rings. The molecule has 1 heterocycles. The molecular weight excluding hydrogens is 563 g/mol. The molecule has 1 aromatic heterocycles. The molecule has 5 nitrogen and oxygen atoms in total. The van der Waals surface area contributed by atoms with Crippen molar-refractivity contribution in [3.05, 3.63) is 138 Å². The van der Waals surface area contributed by atoms with Gasteiger partial charge >= 0.3 is 6.18 Å². The molecule has 0 saturated carbocycles. The second kappa shape index (κ2) is 13.6. The van der Waals surface area contributed by atoms with Crippen LogP contribution in [-0.2, 0) is 13.2 Å². The number of carbonyl (C=O) groups is 2. The van der Waals surface area contributed by atoms with Gasteiger partial charge in [-0.25, -0.2) is 0 Å². The summed E-state index contributed by atoms with van der Waals surface area (Å²) in [6.45, 7) is 0.132. The van der Waals surface area contributed by atoms with Gasteiger partial charge in [-0.15, -0.1) is 0 Å². The molecule has 222 valence electrons. The van der Waals surface area contributed by atoms with Crippen molar-refractivity contribution in [1.29, 1.82) is 0 Å². The van der Waals surface area contributed by atoms with E-state index >= 15 is 0 Å². The van der Waals surface area contributed by atoms with Crippen LogP contribution in [0.1, 0.15) is 39.4 Å². The predicted molar refractivity (Wildman–Crippen MR) is 168 cm³/mol. The van der Waals surface area contributed by atoms with Gasteiger partial charge in [0, 0.05) is 24.4 Å². The van der Waals surface area contributed by atoms with Crippen molar-refractivity contribution in [2.24, 2.45) is 7.05 Å². The summed E-state index contributed by atoms with van der Waals surface area (Å²) < 4.78 is 40.5. The molecule has 0 aliphatic carbocycles. The predicted octanol–water partition coefficient (Wildman–Crippen LogP) is 8.05. The molecule has 44 heavy (non-hydrogen) atoms. The van der Waals surface area contributed by atoms with Crippen LogP contribution in [0.5, 0.6) is 0 Å². The third kappa shape index (κ3) is 7.44. The fraction of sp³-hybridized carbons (Fsp3) is 0.111. The first-order valence-electron chi connectivity index (χ1n) is 13.4. The summed E-state index contributed by atoms with van der Waals surface area (Å²) in [7, 11) is 1.68. The molecule has 0 spiro atoms.